The van der Waals surface area contributed by atoms with Crippen LogP contribution in [0.25, 0.3) is 0 Å². The Kier molecular flexibility index (Phi) is 4.88. The second-order valence-corrected chi connectivity index (χ2v) is 1.82. The van der Waals surface area contributed by atoms with Gasteiger partial charge in [-0.15, -0.1) is 0 Å². The van der Waals surface area contributed by atoms with Crippen molar-refractivity contribution in [3.05, 3.63) is 12.3 Å². The fourth-order valence-electron chi connectivity index (χ4n) is 0.320. The maximum Gasteiger partial charge on any atom is 0.0902 e. The number of hydrogen-bond donors (Lipinski definition) is 0. The molecular weight excluding hydrogens is 112 g/mol. The smallest absolute Gasteiger partial charge is 0.0902 e. The summed E-state index contributed by atoms with van der Waals surface area (Å²) in [4.78, 5) is 5.99. The summed E-state index contributed by atoms with van der Waals surface area (Å²) < 4.78 is 0. The highest BCUT2D eigenvalue weighted by Crippen LogP contribution is 1.75. The largest absolute Gasteiger partial charge is 0.366 e. The lowest BCUT2D eigenvalue weighted by atomic mass is 10.7. The first-order valence-electron chi connectivity index (χ1n) is 3.16. The minimum Gasteiger partial charge on any atom is -0.366 e. The molecule has 0 unspecified atom stereocenters. The third-order valence-electron chi connectivity index (χ3n) is 0.998. The molecule has 0 saturated carbocycles. The molecule has 0 atom stereocenters. The highest BCUT2D eigenvalue weighted by Gasteiger charge is 1.79. The van der Waals surface area contributed by atoms with Crippen molar-refractivity contribution in [2.45, 2.75) is 13.8 Å². The molecular formula is C7H14N2. The highest BCUT2D eigenvalue weighted by molar-refractivity contribution is 5.55. The molecule has 52 valence electrons. The molecule has 0 amide bonds. The molecule has 0 bridgehead atoms. The number of hydrogen-bond acceptors (Lipinski definition) is 1. The van der Waals surface area contributed by atoms with E-state index in [2.05, 4.69) is 11.9 Å². The molecule has 0 fully saturated rings. The Labute approximate surface area is 56.9 Å². The molecule has 0 heterocycles. The van der Waals surface area contributed by atoms with E-state index in [-0.39, 0.29) is 0 Å². The molecule has 0 N–H and O–H groups in total. The minimum atomic E-state index is 1.00. The van der Waals surface area contributed by atoms with Gasteiger partial charge in [-0.3, -0.25) is 0 Å². The van der Waals surface area contributed by atoms with E-state index in [9.17, 15) is 0 Å². The zero-order valence-corrected chi connectivity index (χ0v) is 6.33. The van der Waals surface area contributed by atoms with Gasteiger partial charge in [-0.25, -0.2) is 4.99 Å². The van der Waals surface area contributed by atoms with Crippen molar-refractivity contribution in [2.24, 2.45) is 4.99 Å². The lowest BCUT2D eigenvalue weighted by molar-refractivity contribution is 0.552. The third kappa shape index (κ3) is 5.07. The summed E-state index contributed by atoms with van der Waals surface area (Å²) in [6.45, 7) is 5.03. The van der Waals surface area contributed by atoms with Crippen molar-refractivity contribution in [3.63, 3.8) is 0 Å². The van der Waals surface area contributed by atoms with Crippen LogP contribution in [0, 0.1) is 0 Å². The van der Waals surface area contributed by atoms with Crippen LogP contribution in [-0.2, 0) is 0 Å². The van der Waals surface area contributed by atoms with E-state index in [1.807, 2.05) is 24.9 Å². The first kappa shape index (κ1) is 8.21. The Balaban J connectivity index is 3.43. The second-order valence-electron chi connectivity index (χ2n) is 1.82. The molecule has 0 spiro atoms. The van der Waals surface area contributed by atoms with Gasteiger partial charge in [-0.05, 0) is 13.8 Å². The highest BCUT2D eigenvalue weighted by atomic mass is 15.1. The van der Waals surface area contributed by atoms with Crippen molar-refractivity contribution in [1.82, 2.24) is 4.90 Å². The van der Waals surface area contributed by atoms with Gasteiger partial charge in [0.05, 0.1) is 6.34 Å². The Hall–Kier alpha value is -0.790. The first-order valence-corrected chi connectivity index (χ1v) is 3.16. The predicted octanol–water partition coefficient (Wildman–Crippen LogP) is 1.50. The molecule has 0 aliphatic carbocycles. The van der Waals surface area contributed by atoms with Gasteiger partial charge in [0.1, 0.15) is 0 Å². The summed E-state index contributed by atoms with van der Waals surface area (Å²) in [5.41, 5.74) is 0. The summed E-state index contributed by atoms with van der Waals surface area (Å²) in [6, 6.07) is 0. The van der Waals surface area contributed by atoms with Crippen LogP contribution < -0.4 is 0 Å². The van der Waals surface area contributed by atoms with Gasteiger partial charge in [0.15, 0.2) is 0 Å². The average molecular weight is 126 g/mol. The summed E-state index contributed by atoms with van der Waals surface area (Å²) in [5.74, 6) is 0. The van der Waals surface area contributed by atoms with Gasteiger partial charge in [-0.1, -0.05) is 6.08 Å². The molecule has 0 aromatic heterocycles. The van der Waals surface area contributed by atoms with Gasteiger partial charge in [0.2, 0.25) is 0 Å². The number of aliphatic imine (C=N–C) groups is 1. The van der Waals surface area contributed by atoms with Gasteiger partial charge >= 0.3 is 0 Å². The van der Waals surface area contributed by atoms with Crippen molar-refractivity contribution >= 4 is 6.34 Å². The predicted molar refractivity (Wildman–Crippen MR) is 41.6 cm³/mol. The topological polar surface area (TPSA) is 15.6 Å². The quantitative estimate of drug-likeness (QED) is 0.413. The standard InChI is InChI=1S/C7H14N2/c1-4-6-8-7-9(3)5-2/h4,6-7H,5H2,1-3H3/b6-4-,8-7-. The van der Waals surface area contributed by atoms with E-state index >= 15 is 0 Å². The van der Waals surface area contributed by atoms with Crippen LogP contribution in [0.1, 0.15) is 13.8 Å². The minimum absolute atomic E-state index is 1.00. The lowest BCUT2D eigenvalue weighted by Gasteiger charge is -2.06. The van der Waals surface area contributed by atoms with Crippen LogP contribution >= 0.6 is 0 Å². The Morgan fingerprint density at radius 2 is 2.22 bits per heavy atom. The van der Waals surface area contributed by atoms with Crippen molar-refractivity contribution in [2.75, 3.05) is 13.6 Å². The molecule has 2 nitrogen and oxygen atoms in total. The number of nitrogens with zero attached hydrogens (tertiary/aromatic N) is 2. The molecule has 0 radical (unpaired) electrons. The Morgan fingerprint density at radius 1 is 1.56 bits per heavy atom. The molecule has 9 heavy (non-hydrogen) atoms. The summed E-state index contributed by atoms with van der Waals surface area (Å²) in [6.07, 6.45) is 5.48. The molecule has 0 saturated heterocycles. The zero-order chi connectivity index (χ0) is 7.11. The second kappa shape index (κ2) is 5.35. The van der Waals surface area contributed by atoms with Gasteiger partial charge < -0.3 is 4.90 Å². The molecule has 0 aliphatic heterocycles. The van der Waals surface area contributed by atoms with Crippen molar-refractivity contribution in [3.8, 4) is 0 Å². The Morgan fingerprint density at radius 3 is 2.67 bits per heavy atom. The van der Waals surface area contributed by atoms with Crippen LogP contribution in [0.15, 0.2) is 17.3 Å². The maximum absolute atomic E-state index is 3.98. The van der Waals surface area contributed by atoms with Crippen LogP contribution in [0.4, 0.5) is 0 Å². The van der Waals surface area contributed by atoms with Gasteiger partial charge in [-0.2, -0.15) is 0 Å². The third-order valence-corrected chi connectivity index (χ3v) is 0.998. The molecule has 0 aromatic rings. The van der Waals surface area contributed by atoms with E-state index < -0.39 is 0 Å². The summed E-state index contributed by atoms with van der Waals surface area (Å²) in [7, 11) is 1.99. The van der Waals surface area contributed by atoms with E-state index in [0.29, 0.717) is 0 Å². The van der Waals surface area contributed by atoms with E-state index in [4.69, 9.17) is 0 Å². The van der Waals surface area contributed by atoms with Gasteiger partial charge in [0, 0.05) is 19.8 Å². The Bertz CT molecular complexity index is 105. The SMILES string of the molecule is C/C=C\N=C/N(C)CC. The zero-order valence-electron chi connectivity index (χ0n) is 6.33. The normalized spacial score (nSPS) is 11.4. The van der Waals surface area contributed by atoms with Crippen LogP contribution in [0.5, 0.6) is 0 Å². The fourth-order valence-corrected chi connectivity index (χ4v) is 0.320. The molecule has 0 rings (SSSR count). The average Bonchev–Trinajstić information content (AvgIpc) is 1.89. The summed E-state index contributed by atoms with van der Waals surface area (Å²) in [5, 5.41) is 0. The van der Waals surface area contributed by atoms with Crippen molar-refractivity contribution < 1.29 is 0 Å². The van der Waals surface area contributed by atoms with E-state index in [1.54, 1.807) is 12.5 Å². The lowest BCUT2D eigenvalue weighted by Crippen LogP contribution is -2.14. The van der Waals surface area contributed by atoms with Crippen LogP contribution in [0.3, 0.4) is 0 Å². The molecule has 2 heteroatoms. The van der Waals surface area contributed by atoms with Crippen LogP contribution in [0.2, 0.25) is 0 Å². The molecule has 0 aliphatic rings. The van der Waals surface area contributed by atoms with E-state index in [1.165, 1.54) is 0 Å². The first-order chi connectivity index (χ1) is 4.31. The molecule has 0 aromatic carbocycles. The van der Waals surface area contributed by atoms with E-state index in [0.717, 1.165) is 6.54 Å². The van der Waals surface area contributed by atoms with Crippen LogP contribution in [-0.4, -0.2) is 24.8 Å². The van der Waals surface area contributed by atoms with Crippen molar-refractivity contribution in [1.29, 1.82) is 0 Å². The summed E-state index contributed by atoms with van der Waals surface area (Å²) >= 11 is 0. The van der Waals surface area contributed by atoms with Gasteiger partial charge in [0.25, 0.3) is 0 Å². The maximum atomic E-state index is 3.98. The fraction of sp³-hybridized carbons (Fsp3) is 0.571. The number of allylic oxidation sites excluding steroid dienone is 1. The number of rotatable bonds is 3. The monoisotopic (exact) mass is 126 g/mol.